The van der Waals surface area contributed by atoms with Crippen LogP contribution in [-0.4, -0.2) is 29.1 Å². The van der Waals surface area contributed by atoms with Crippen LogP contribution in [0.2, 0.25) is 0 Å². The zero-order chi connectivity index (χ0) is 19.2. The lowest BCUT2D eigenvalue weighted by atomic mass is 9.94. The molecule has 1 aromatic heterocycles. The highest BCUT2D eigenvalue weighted by atomic mass is 16.5. The Labute approximate surface area is 157 Å². The summed E-state index contributed by atoms with van der Waals surface area (Å²) in [6, 6.07) is 8.55. The molecule has 4 rings (SSSR count). The number of carbonyl (C=O) groups is 2. The number of nitrogens with one attached hydrogen (secondary N) is 1. The Kier molecular flexibility index (Phi) is 4.02. The number of benzene rings is 1. The summed E-state index contributed by atoms with van der Waals surface area (Å²) in [4.78, 5) is 29.8. The van der Waals surface area contributed by atoms with Crippen LogP contribution in [-0.2, 0) is 4.79 Å². The lowest BCUT2D eigenvalue weighted by Gasteiger charge is -2.25. The summed E-state index contributed by atoms with van der Waals surface area (Å²) in [5.74, 6) is 1.94. The van der Waals surface area contributed by atoms with Crippen molar-refractivity contribution in [1.29, 1.82) is 0 Å². The Balaban J connectivity index is 1.58. The second kappa shape index (κ2) is 6.26. The first-order chi connectivity index (χ1) is 12.9. The highest BCUT2D eigenvalue weighted by Gasteiger charge is 2.45. The van der Waals surface area contributed by atoms with Gasteiger partial charge < -0.3 is 14.8 Å². The van der Waals surface area contributed by atoms with Crippen LogP contribution in [0.15, 0.2) is 36.5 Å². The van der Waals surface area contributed by atoms with Crippen LogP contribution in [0.5, 0.6) is 17.4 Å². The fourth-order valence-corrected chi connectivity index (χ4v) is 3.38. The molecular weight excluding hydrogens is 346 g/mol. The van der Waals surface area contributed by atoms with E-state index >= 15 is 0 Å². The third-order valence-electron chi connectivity index (χ3n) is 4.88. The summed E-state index contributed by atoms with van der Waals surface area (Å²) in [6.07, 6.45) is 2.39. The van der Waals surface area contributed by atoms with Crippen LogP contribution in [0.1, 0.15) is 38.7 Å². The number of nitrogens with zero attached hydrogens (tertiary/aromatic N) is 2. The first-order valence-electron chi connectivity index (χ1n) is 8.93. The summed E-state index contributed by atoms with van der Waals surface area (Å²) >= 11 is 0. The van der Waals surface area contributed by atoms with Crippen LogP contribution in [0.25, 0.3) is 0 Å². The molecular formula is C20H21N3O4. The zero-order valence-corrected chi connectivity index (χ0v) is 15.5. The van der Waals surface area contributed by atoms with Crippen LogP contribution < -0.4 is 19.7 Å². The number of pyridine rings is 1. The summed E-state index contributed by atoms with van der Waals surface area (Å²) in [6.45, 7) is 6.18. The van der Waals surface area contributed by atoms with Gasteiger partial charge in [-0.3, -0.25) is 4.79 Å². The summed E-state index contributed by atoms with van der Waals surface area (Å²) < 4.78 is 11.7. The van der Waals surface area contributed by atoms with Crippen molar-refractivity contribution in [2.75, 3.05) is 11.5 Å². The second-order valence-corrected chi connectivity index (χ2v) is 7.36. The van der Waals surface area contributed by atoms with Crippen molar-refractivity contribution in [3.8, 4) is 17.4 Å². The van der Waals surface area contributed by atoms with Crippen molar-refractivity contribution in [3.63, 3.8) is 0 Å². The second-order valence-electron chi connectivity index (χ2n) is 7.36. The molecule has 0 unspecified atom stereocenters. The number of amides is 3. The minimum atomic E-state index is -0.925. The normalized spacial score (nSPS) is 20.7. The van der Waals surface area contributed by atoms with E-state index in [1.54, 1.807) is 26.0 Å². The molecule has 140 valence electrons. The molecule has 2 aliphatic rings. The van der Waals surface area contributed by atoms with Gasteiger partial charge in [-0.1, -0.05) is 13.0 Å². The van der Waals surface area contributed by atoms with Gasteiger partial charge in [0, 0.05) is 11.6 Å². The molecule has 1 saturated heterocycles. The van der Waals surface area contributed by atoms with Crippen molar-refractivity contribution < 1.29 is 19.1 Å². The molecule has 1 fully saturated rings. The molecule has 2 aliphatic heterocycles. The molecule has 0 aliphatic carbocycles. The van der Waals surface area contributed by atoms with Crippen molar-refractivity contribution in [1.82, 2.24) is 10.3 Å². The van der Waals surface area contributed by atoms with Crippen LogP contribution in [0.3, 0.4) is 0 Å². The molecule has 1 atom stereocenters. The van der Waals surface area contributed by atoms with Crippen molar-refractivity contribution >= 4 is 17.6 Å². The Bertz CT molecular complexity index is 908. The average molecular weight is 367 g/mol. The van der Waals surface area contributed by atoms with E-state index in [1.807, 2.05) is 18.2 Å². The van der Waals surface area contributed by atoms with Crippen molar-refractivity contribution in [2.24, 2.45) is 0 Å². The molecule has 3 amide bonds. The molecule has 0 bridgehead atoms. The number of anilines is 1. The minimum Gasteiger partial charge on any atom is -0.493 e. The number of hydrogen-bond acceptors (Lipinski definition) is 5. The monoisotopic (exact) mass is 367 g/mol. The van der Waals surface area contributed by atoms with E-state index in [1.165, 1.54) is 6.20 Å². The average Bonchev–Trinajstić information content (AvgIpc) is 2.83. The summed E-state index contributed by atoms with van der Waals surface area (Å²) in [7, 11) is 0. The number of carbonyl (C=O) groups excluding carboxylic acids is 2. The number of rotatable bonds is 3. The number of hydrogen-bond donors (Lipinski definition) is 1. The zero-order valence-electron chi connectivity index (χ0n) is 15.5. The highest BCUT2D eigenvalue weighted by molar-refractivity contribution is 6.22. The standard InChI is InChI=1S/C20H21N3O4/c1-12-9-10-26-14-5-4-6-15(17(12)14)27-16-8-7-13(11-21-16)23-18(24)20(2,3)22-19(23)25/h4-8,11-12H,9-10H2,1-3H3,(H,22,25)/t12-/m0/s1. The van der Waals surface area contributed by atoms with Crippen molar-refractivity contribution in [3.05, 3.63) is 42.1 Å². The SMILES string of the molecule is C[C@H]1CCOc2cccc(Oc3ccc(N4C(=O)NC(C)(C)C4=O)cn3)c21. The molecule has 7 nitrogen and oxygen atoms in total. The van der Waals surface area contributed by atoms with E-state index < -0.39 is 11.6 Å². The van der Waals surface area contributed by atoms with Gasteiger partial charge in [0.1, 0.15) is 17.0 Å². The maximum atomic E-state index is 12.4. The van der Waals surface area contributed by atoms with Crippen LogP contribution in [0.4, 0.5) is 10.5 Å². The van der Waals surface area contributed by atoms with Gasteiger partial charge in [0.2, 0.25) is 5.88 Å². The molecule has 0 spiro atoms. The predicted octanol–water partition coefficient (Wildman–Crippen LogP) is 3.59. The molecule has 2 aromatic rings. The van der Waals surface area contributed by atoms with Gasteiger partial charge in [-0.25, -0.2) is 14.7 Å². The summed E-state index contributed by atoms with van der Waals surface area (Å²) in [5, 5.41) is 2.65. The lowest BCUT2D eigenvalue weighted by molar-refractivity contribution is -0.121. The highest BCUT2D eigenvalue weighted by Crippen LogP contribution is 2.41. The van der Waals surface area contributed by atoms with Gasteiger partial charge >= 0.3 is 6.03 Å². The number of aromatic nitrogens is 1. The third kappa shape index (κ3) is 2.99. The molecule has 3 heterocycles. The van der Waals surface area contributed by atoms with Crippen LogP contribution in [0, 0.1) is 0 Å². The summed E-state index contributed by atoms with van der Waals surface area (Å²) in [5.41, 5.74) is 0.513. The van der Waals surface area contributed by atoms with Gasteiger partial charge in [0.25, 0.3) is 5.91 Å². The number of ether oxygens (including phenoxy) is 2. The van der Waals surface area contributed by atoms with E-state index in [-0.39, 0.29) is 5.91 Å². The molecule has 0 radical (unpaired) electrons. The Morgan fingerprint density at radius 1 is 1.26 bits per heavy atom. The van der Waals surface area contributed by atoms with E-state index in [4.69, 9.17) is 9.47 Å². The van der Waals surface area contributed by atoms with Crippen molar-refractivity contribution in [2.45, 2.75) is 38.6 Å². The molecule has 27 heavy (non-hydrogen) atoms. The molecule has 0 saturated carbocycles. The fraction of sp³-hybridized carbons (Fsp3) is 0.350. The van der Waals surface area contributed by atoms with Gasteiger partial charge in [-0.2, -0.15) is 0 Å². The number of fused-ring (bicyclic) bond motifs is 1. The first-order valence-corrected chi connectivity index (χ1v) is 8.93. The lowest BCUT2D eigenvalue weighted by Crippen LogP contribution is -2.40. The smallest absolute Gasteiger partial charge is 0.329 e. The minimum absolute atomic E-state index is 0.314. The van der Waals surface area contributed by atoms with Gasteiger partial charge in [-0.15, -0.1) is 0 Å². The largest absolute Gasteiger partial charge is 0.493 e. The van der Waals surface area contributed by atoms with E-state index in [9.17, 15) is 9.59 Å². The van der Waals surface area contributed by atoms with E-state index in [0.29, 0.717) is 29.8 Å². The Morgan fingerprint density at radius 3 is 2.74 bits per heavy atom. The molecule has 1 aromatic carbocycles. The Hall–Kier alpha value is -3.09. The fourth-order valence-electron chi connectivity index (χ4n) is 3.38. The maximum absolute atomic E-state index is 12.4. The number of imide groups is 1. The molecule has 1 N–H and O–H groups in total. The Morgan fingerprint density at radius 2 is 2.07 bits per heavy atom. The van der Waals surface area contributed by atoms with E-state index in [2.05, 4.69) is 17.2 Å². The van der Waals surface area contributed by atoms with Gasteiger partial charge in [0.15, 0.2) is 0 Å². The van der Waals surface area contributed by atoms with Gasteiger partial charge in [-0.05, 0) is 44.4 Å². The number of urea groups is 1. The maximum Gasteiger partial charge on any atom is 0.329 e. The van der Waals surface area contributed by atoms with E-state index in [0.717, 1.165) is 22.6 Å². The predicted molar refractivity (Wildman–Crippen MR) is 99.4 cm³/mol. The topological polar surface area (TPSA) is 80.8 Å². The van der Waals surface area contributed by atoms with Crippen LogP contribution >= 0.6 is 0 Å². The first kappa shape index (κ1) is 17.3. The van der Waals surface area contributed by atoms with Gasteiger partial charge in [0.05, 0.1) is 18.5 Å². The quantitative estimate of drug-likeness (QED) is 0.839. The molecule has 7 heteroatoms. The third-order valence-corrected chi connectivity index (χ3v) is 4.88.